The van der Waals surface area contributed by atoms with Gasteiger partial charge in [0.25, 0.3) is 0 Å². The van der Waals surface area contributed by atoms with Crippen molar-refractivity contribution in [1.29, 1.82) is 0 Å². The Bertz CT molecular complexity index is 807. The number of aromatic nitrogens is 3. The number of fused-ring (bicyclic) bond motifs is 1. The molecule has 0 atom stereocenters. The first-order valence-corrected chi connectivity index (χ1v) is 6.81. The molecule has 21 heavy (non-hydrogen) atoms. The molecule has 0 saturated carbocycles. The fraction of sp³-hybridized carbons (Fsp3) is 0.133. The Morgan fingerprint density at radius 3 is 2.90 bits per heavy atom. The Hall–Kier alpha value is -2.24. The molecule has 0 aliphatic heterocycles. The summed E-state index contributed by atoms with van der Waals surface area (Å²) in [4.78, 5) is 12.8. The van der Waals surface area contributed by atoms with Gasteiger partial charge in [-0.2, -0.15) is 4.98 Å². The van der Waals surface area contributed by atoms with Crippen LogP contribution in [0.2, 0.25) is 5.02 Å². The van der Waals surface area contributed by atoms with E-state index in [4.69, 9.17) is 22.1 Å². The molecular formula is C15H13ClN4O. The van der Waals surface area contributed by atoms with Crippen molar-refractivity contribution in [3.8, 4) is 11.8 Å². The van der Waals surface area contributed by atoms with Gasteiger partial charge in [-0.1, -0.05) is 11.6 Å². The minimum atomic E-state index is 0.254. The second-order valence-corrected chi connectivity index (χ2v) is 4.94. The highest BCUT2D eigenvalue weighted by atomic mass is 35.5. The molecule has 0 aliphatic carbocycles. The number of ether oxygens (including phenoxy) is 1. The van der Waals surface area contributed by atoms with Crippen molar-refractivity contribution in [3.05, 3.63) is 52.9 Å². The zero-order chi connectivity index (χ0) is 14.8. The lowest BCUT2D eigenvalue weighted by molar-refractivity contribution is 0.441. The number of benzene rings is 1. The van der Waals surface area contributed by atoms with Crippen molar-refractivity contribution in [2.75, 3.05) is 0 Å². The zero-order valence-electron chi connectivity index (χ0n) is 11.4. The topological polar surface area (TPSA) is 73.9 Å². The number of aryl methyl sites for hydroxylation is 1. The van der Waals surface area contributed by atoms with Gasteiger partial charge in [0, 0.05) is 23.8 Å². The van der Waals surface area contributed by atoms with E-state index in [1.54, 1.807) is 18.3 Å². The first kappa shape index (κ1) is 13.7. The third-order valence-corrected chi connectivity index (χ3v) is 3.31. The van der Waals surface area contributed by atoms with E-state index in [-0.39, 0.29) is 6.01 Å². The van der Waals surface area contributed by atoms with E-state index < -0.39 is 0 Å². The molecular weight excluding hydrogens is 288 g/mol. The lowest BCUT2D eigenvalue weighted by atomic mass is 10.2. The van der Waals surface area contributed by atoms with Gasteiger partial charge in [-0.3, -0.25) is 4.98 Å². The van der Waals surface area contributed by atoms with Crippen molar-refractivity contribution in [1.82, 2.24) is 15.0 Å². The van der Waals surface area contributed by atoms with Gasteiger partial charge in [0.2, 0.25) is 0 Å². The summed E-state index contributed by atoms with van der Waals surface area (Å²) in [5, 5.41) is 1.45. The highest BCUT2D eigenvalue weighted by molar-refractivity contribution is 6.35. The molecule has 5 nitrogen and oxygen atoms in total. The van der Waals surface area contributed by atoms with Gasteiger partial charge in [-0.05, 0) is 37.3 Å². The maximum atomic E-state index is 6.16. The molecule has 0 saturated heterocycles. The summed E-state index contributed by atoms with van der Waals surface area (Å²) in [6, 6.07) is 9.31. The van der Waals surface area contributed by atoms with Crippen molar-refractivity contribution in [2.24, 2.45) is 5.73 Å². The van der Waals surface area contributed by atoms with Gasteiger partial charge >= 0.3 is 6.01 Å². The predicted molar refractivity (Wildman–Crippen MR) is 81.5 cm³/mol. The Balaban J connectivity index is 2.06. The third-order valence-electron chi connectivity index (χ3n) is 2.98. The number of nitrogens with zero attached hydrogens (tertiary/aromatic N) is 3. The molecule has 6 heteroatoms. The first-order chi connectivity index (χ1) is 10.2. The maximum absolute atomic E-state index is 6.16. The Labute approximate surface area is 126 Å². The minimum absolute atomic E-state index is 0.254. The molecule has 0 aliphatic rings. The van der Waals surface area contributed by atoms with Crippen LogP contribution in [0.25, 0.3) is 10.9 Å². The van der Waals surface area contributed by atoms with Crippen LogP contribution in [0.1, 0.15) is 11.4 Å². The Kier molecular flexibility index (Phi) is 3.68. The number of pyridine rings is 1. The van der Waals surface area contributed by atoms with Crippen LogP contribution in [-0.4, -0.2) is 15.0 Å². The molecule has 0 fully saturated rings. The van der Waals surface area contributed by atoms with Crippen LogP contribution in [0.5, 0.6) is 11.8 Å². The molecule has 3 rings (SSSR count). The molecule has 0 spiro atoms. The summed E-state index contributed by atoms with van der Waals surface area (Å²) in [6.07, 6.45) is 1.69. The van der Waals surface area contributed by atoms with E-state index in [9.17, 15) is 0 Å². The molecule has 0 unspecified atom stereocenters. The number of hydrogen-bond donors (Lipinski definition) is 1. The molecule has 1 aromatic carbocycles. The fourth-order valence-electron chi connectivity index (χ4n) is 2.05. The average molecular weight is 301 g/mol. The van der Waals surface area contributed by atoms with E-state index >= 15 is 0 Å². The summed E-state index contributed by atoms with van der Waals surface area (Å²) in [6.45, 7) is 2.20. The molecule has 2 N–H and O–H groups in total. The predicted octanol–water partition coefficient (Wildman–Crippen LogP) is 3.24. The molecule has 3 aromatic rings. The SMILES string of the molecule is Cc1cc(CN)nc(Oc2ccc(Cl)c3cccnc23)n1. The summed E-state index contributed by atoms with van der Waals surface area (Å²) in [7, 11) is 0. The smallest absolute Gasteiger partial charge is 0.322 e. The maximum Gasteiger partial charge on any atom is 0.322 e. The van der Waals surface area contributed by atoms with E-state index in [0.717, 1.165) is 16.8 Å². The van der Waals surface area contributed by atoms with E-state index in [1.807, 2.05) is 25.1 Å². The zero-order valence-corrected chi connectivity index (χ0v) is 12.1. The second kappa shape index (κ2) is 5.63. The number of halogens is 1. The van der Waals surface area contributed by atoms with Crippen LogP contribution in [0.15, 0.2) is 36.5 Å². The van der Waals surface area contributed by atoms with E-state index in [1.165, 1.54) is 0 Å². The van der Waals surface area contributed by atoms with Crippen molar-refractivity contribution < 1.29 is 4.74 Å². The molecule has 2 aromatic heterocycles. The fourth-order valence-corrected chi connectivity index (χ4v) is 2.26. The van der Waals surface area contributed by atoms with Gasteiger partial charge < -0.3 is 10.5 Å². The third kappa shape index (κ3) is 2.79. The summed E-state index contributed by atoms with van der Waals surface area (Å²) >= 11 is 6.16. The van der Waals surface area contributed by atoms with Crippen LogP contribution in [0.3, 0.4) is 0 Å². The Morgan fingerprint density at radius 2 is 2.10 bits per heavy atom. The average Bonchev–Trinajstić information content (AvgIpc) is 2.50. The minimum Gasteiger partial charge on any atom is -0.422 e. The number of rotatable bonds is 3. The quantitative estimate of drug-likeness (QED) is 0.804. The lowest BCUT2D eigenvalue weighted by Crippen LogP contribution is -2.03. The number of hydrogen-bond acceptors (Lipinski definition) is 5. The summed E-state index contributed by atoms with van der Waals surface area (Å²) in [5.74, 6) is 0.559. The van der Waals surface area contributed by atoms with Crippen molar-refractivity contribution >= 4 is 22.5 Å². The normalized spacial score (nSPS) is 10.8. The van der Waals surface area contributed by atoms with E-state index in [2.05, 4.69) is 15.0 Å². The van der Waals surface area contributed by atoms with Crippen molar-refractivity contribution in [2.45, 2.75) is 13.5 Å². The monoisotopic (exact) mass is 300 g/mol. The van der Waals surface area contributed by atoms with Crippen molar-refractivity contribution in [3.63, 3.8) is 0 Å². The molecule has 0 amide bonds. The van der Waals surface area contributed by atoms with Crippen LogP contribution in [-0.2, 0) is 6.54 Å². The van der Waals surface area contributed by atoms with Crippen LogP contribution >= 0.6 is 11.6 Å². The van der Waals surface area contributed by atoms with Gasteiger partial charge in [0.05, 0.1) is 10.7 Å². The molecule has 106 valence electrons. The van der Waals surface area contributed by atoms with Gasteiger partial charge in [-0.15, -0.1) is 0 Å². The largest absolute Gasteiger partial charge is 0.422 e. The van der Waals surface area contributed by atoms with Gasteiger partial charge in [-0.25, -0.2) is 4.98 Å². The molecule has 2 heterocycles. The first-order valence-electron chi connectivity index (χ1n) is 6.43. The highest BCUT2D eigenvalue weighted by Crippen LogP contribution is 2.31. The standard InChI is InChI=1S/C15H13ClN4O/c1-9-7-10(8-17)20-15(19-9)21-13-5-4-12(16)11-3-2-6-18-14(11)13/h2-7H,8,17H2,1H3. The second-order valence-electron chi connectivity index (χ2n) is 4.53. The lowest BCUT2D eigenvalue weighted by Gasteiger charge is -2.09. The van der Waals surface area contributed by atoms with E-state index in [0.29, 0.717) is 22.8 Å². The van der Waals surface area contributed by atoms with Crippen LogP contribution in [0.4, 0.5) is 0 Å². The molecule has 0 radical (unpaired) electrons. The van der Waals surface area contributed by atoms with Crippen LogP contribution < -0.4 is 10.5 Å². The Morgan fingerprint density at radius 1 is 1.24 bits per heavy atom. The van der Waals surface area contributed by atoms with Crippen LogP contribution in [0, 0.1) is 6.92 Å². The summed E-state index contributed by atoms with van der Waals surface area (Å²) < 4.78 is 5.77. The van der Waals surface area contributed by atoms with Gasteiger partial charge in [0.15, 0.2) is 5.75 Å². The molecule has 0 bridgehead atoms. The van der Waals surface area contributed by atoms with Gasteiger partial charge in [0.1, 0.15) is 5.52 Å². The number of nitrogens with two attached hydrogens (primary N) is 1. The summed E-state index contributed by atoms with van der Waals surface area (Å²) in [5.41, 5.74) is 7.81. The highest BCUT2D eigenvalue weighted by Gasteiger charge is 2.10.